The van der Waals surface area contributed by atoms with E-state index in [-0.39, 0.29) is 16.4 Å². The van der Waals surface area contributed by atoms with Gasteiger partial charge in [0, 0.05) is 11.1 Å². The minimum atomic E-state index is -3.36. The first-order chi connectivity index (χ1) is 8.28. The zero-order chi connectivity index (χ0) is 13.9. The van der Waals surface area contributed by atoms with Crippen LogP contribution in [0.1, 0.15) is 5.56 Å². The van der Waals surface area contributed by atoms with Gasteiger partial charge >= 0.3 is 0 Å². The molecule has 0 amide bonds. The van der Waals surface area contributed by atoms with Crippen LogP contribution in [-0.4, -0.2) is 29.1 Å². The SMILES string of the molecule is Cc1c(Cl)ccc([N+](=O)[O-])c1NCC(F)(F)CO. The van der Waals surface area contributed by atoms with Crippen LogP contribution in [0.15, 0.2) is 12.1 Å². The summed E-state index contributed by atoms with van der Waals surface area (Å²) >= 11 is 5.77. The Morgan fingerprint density at radius 1 is 1.56 bits per heavy atom. The third kappa shape index (κ3) is 3.27. The Morgan fingerprint density at radius 3 is 2.67 bits per heavy atom. The predicted octanol–water partition coefficient (Wildman–Crippen LogP) is 2.60. The average molecular weight is 281 g/mol. The quantitative estimate of drug-likeness (QED) is 0.642. The van der Waals surface area contributed by atoms with Gasteiger partial charge in [0.15, 0.2) is 0 Å². The van der Waals surface area contributed by atoms with Crippen molar-refractivity contribution in [2.75, 3.05) is 18.5 Å². The molecule has 0 bridgehead atoms. The van der Waals surface area contributed by atoms with Crippen LogP contribution < -0.4 is 5.32 Å². The number of nitrogens with zero attached hydrogens (tertiary/aromatic N) is 1. The highest BCUT2D eigenvalue weighted by molar-refractivity contribution is 6.31. The second-order valence-electron chi connectivity index (χ2n) is 3.69. The molecule has 18 heavy (non-hydrogen) atoms. The van der Waals surface area contributed by atoms with E-state index in [0.29, 0.717) is 5.56 Å². The summed E-state index contributed by atoms with van der Waals surface area (Å²) in [6, 6.07) is 2.46. The summed E-state index contributed by atoms with van der Waals surface area (Å²) in [7, 11) is 0. The molecule has 0 atom stereocenters. The molecule has 0 fully saturated rings. The van der Waals surface area contributed by atoms with Gasteiger partial charge in [-0.3, -0.25) is 10.1 Å². The lowest BCUT2D eigenvalue weighted by atomic mass is 10.1. The van der Waals surface area contributed by atoms with E-state index in [1.54, 1.807) is 0 Å². The molecule has 0 spiro atoms. The second kappa shape index (κ2) is 5.45. The highest BCUT2D eigenvalue weighted by atomic mass is 35.5. The van der Waals surface area contributed by atoms with Gasteiger partial charge < -0.3 is 10.4 Å². The van der Waals surface area contributed by atoms with Crippen LogP contribution in [0, 0.1) is 17.0 Å². The standard InChI is InChI=1S/C10H11ClF2N2O3/c1-6-7(11)2-3-8(15(17)18)9(6)14-4-10(12,13)5-16/h2-3,14,16H,4-5H2,1H3. The van der Waals surface area contributed by atoms with E-state index < -0.39 is 24.0 Å². The summed E-state index contributed by atoms with van der Waals surface area (Å²) in [4.78, 5) is 10.1. The lowest BCUT2D eigenvalue weighted by Gasteiger charge is -2.16. The normalized spacial score (nSPS) is 11.4. The lowest BCUT2D eigenvalue weighted by Crippen LogP contribution is -2.31. The zero-order valence-corrected chi connectivity index (χ0v) is 10.2. The van der Waals surface area contributed by atoms with E-state index in [1.807, 2.05) is 0 Å². The van der Waals surface area contributed by atoms with Gasteiger partial charge in [-0.25, -0.2) is 8.78 Å². The average Bonchev–Trinajstić information content (AvgIpc) is 2.30. The largest absolute Gasteiger partial charge is 0.390 e. The lowest BCUT2D eigenvalue weighted by molar-refractivity contribution is -0.384. The second-order valence-corrected chi connectivity index (χ2v) is 4.10. The molecule has 0 unspecified atom stereocenters. The predicted molar refractivity (Wildman–Crippen MR) is 63.4 cm³/mol. The van der Waals surface area contributed by atoms with Crippen LogP contribution in [0.25, 0.3) is 0 Å². The molecule has 8 heteroatoms. The van der Waals surface area contributed by atoms with Crippen LogP contribution in [-0.2, 0) is 0 Å². The summed E-state index contributed by atoms with van der Waals surface area (Å²) in [5.74, 6) is -3.36. The fraction of sp³-hybridized carbons (Fsp3) is 0.400. The number of nitrogens with one attached hydrogen (secondary N) is 1. The van der Waals surface area contributed by atoms with Gasteiger partial charge in [0.25, 0.3) is 11.6 Å². The van der Waals surface area contributed by atoms with Crippen molar-refractivity contribution in [2.45, 2.75) is 12.8 Å². The molecule has 0 saturated heterocycles. The minimum absolute atomic E-state index is 0.0689. The van der Waals surface area contributed by atoms with Gasteiger partial charge in [-0.1, -0.05) is 11.6 Å². The Hall–Kier alpha value is -1.47. The summed E-state index contributed by atoms with van der Waals surface area (Å²) < 4.78 is 25.8. The first-order valence-corrected chi connectivity index (χ1v) is 5.32. The Morgan fingerprint density at radius 2 is 2.17 bits per heavy atom. The number of aliphatic hydroxyl groups is 1. The molecule has 2 N–H and O–H groups in total. The van der Waals surface area contributed by atoms with Crippen molar-refractivity contribution in [2.24, 2.45) is 0 Å². The first kappa shape index (κ1) is 14.6. The van der Waals surface area contributed by atoms with Gasteiger partial charge in [0.05, 0.1) is 11.5 Å². The number of benzene rings is 1. The van der Waals surface area contributed by atoms with Crippen LogP contribution in [0.4, 0.5) is 20.2 Å². The number of hydrogen-bond acceptors (Lipinski definition) is 4. The number of anilines is 1. The van der Waals surface area contributed by atoms with Crippen molar-refractivity contribution in [1.29, 1.82) is 0 Å². The van der Waals surface area contributed by atoms with Crippen LogP contribution in [0.5, 0.6) is 0 Å². The van der Waals surface area contributed by atoms with E-state index in [9.17, 15) is 18.9 Å². The Bertz CT molecular complexity index is 469. The molecule has 0 aliphatic heterocycles. The van der Waals surface area contributed by atoms with Crippen molar-refractivity contribution in [3.8, 4) is 0 Å². The van der Waals surface area contributed by atoms with Gasteiger partial charge in [-0.15, -0.1) is 0 Å². The molecule has 1 rings (SSSR count). The number of nitro groups is 1. The van der Waals surface area contributed by atoms with Crippen molar-refractivity contribution in [1.82, 2.24) is 0 Å². The van der Waals surface area contributed by atoms with Crippen LogP contribution in [0.2, 0.25) is 5.02 Å². The maximum Gasteiger partial charge on any atom is 0.292 e. The van der Waals surface area contributed by atoms with Crippen molar-refractivity contribution in [3.63, 3.8) is 0 Å². The smallest absolute Gasteiger partial charge is 0.292 e. The number of alkyl halides is 2. The van der Waals surface area contributed by atoms with E-state index in [0.717, 1.165) is 6.07 Å². The molecule has 0 aliphatic rings. The molecule has 0 radical (unpaired) electrons. The van der Waals surface area contributed by atoms with Crippen LogP contribution in [0.3, 0.4) is 0 Å². The first-order valence-electron chi connectivity index (χ1n) is 4.94. The molecular formula is C10H11ClF2N2O3. The van der Waals surface area contributed by atoms with Gasteiger partial charge in [0.2, 0.25) is 0 Å². The summed E-state index contributed by atoms with van der Waals surface area (Å²) in [6.07, 6.45) is 0. The molecule has 0 heterocycles. The highest BCUT2D eigenvalue weighted by Crippen LogP contribution is 2.33. The molecule has 1 aromatic rings. The van der Waals surface area contributed by atoms with Crippen LogP contribution >= 0.6 is 11.6 Å². The number of rotatable bonds is 5. The fourth-order valence-electron chi connectivity index (χ4n) is 1.32. The molecule has 5 nitrogen and oxygen atoms in total. The summed E-state index contributed by atoms with van der Waals surface area (Å²) in [6.45, 7) is -0.770. The number of aliphatic hydroxyl groups excluding tert-OH is 1. The molecular weight excluding hydrogens is 270 g/mol. The summed E-state index contributed by atoms with van der Waals surface area (Å²) in [5, 5.41) is 21.7. The minimum Gasteiger partial charge on any atom is -0.390 e. The van der Waals surface area contributed by atoms with Gasteiger partial charge in [0.1, 0.15) is 12.3 Å². The molecule has 100 valence electrons. The molecule has 0 saturated carbocycles. The molecule has 0 aromatic heterocycles. The number of halogens is 3. The summed E-state index contributed by atoms with van der Waals surface area (Å²) in [5.41, 5.74) is -0.106. The molecule has 1 aromatic carbocycles. The van der Waals surface area contributed by atoms with E-state index >= 15 is 0 Å². The van der Waals surface area contributed by atoms with Gasteiger partial charge in [-0.2, -0.15) is 0 Å². The van der Waals surface area contributed by atoms with Crippen molar-refractivity contribution >= 4 is 23.0 Å². The topological polar surface area (TPSA) is 75.4 Å². The van der Waals surface area contributed by atoms with Crippen molar-refractivity contribution in [3.05, 3.63) is 32.8 Å². The third-order valence-electron chi connectivity index (χ3n) is 2.33. The number of nitro benzene ring substituents is 1. The van der Waals surface area contributed by atoms with E-state index in [1.165, 1.54) is 13.0 Å². The van der Waals surface area contributed by atoms with Gasteiger partial charge in [-0.05, 0) is 18.6 Å². The number of hydrogen-bond donors (Lipinski definition) is 2. The zero-order valence-electron chi connectivity index (χ0n) is 9.41. The maximum atomic E-state index is 12.9. The van der Waals surface area contributed by atoms with E-state index in [2.05, 4.69) is 5.32 Å². The Kier molecular flexibility index (Phi) is 4.42. The Balaban J connectivity index is 3.06. The maximum absolute atomic E-state index is 12.9. The highest BCUT2D eigenvalue weighted by Gasteiger charge is 2.29. The monoisotopic (exact) mass is 280 g/mol. The van der Waals surface area contributed by atoms with Crippen molar-refractivity contribution < 1.29 is 18.8 Å². The molecule has 0 aliphatic carbocycles. The van der Waals surface area contributed by atoms with E-state index in [4.69, 9.17) is 16.7 Å². The fourth-order valence-corrected chi connectivity index (χ4v) is 1.48. The third-order valence-corrected chi connectivity index (χ3v) is 2.74. The Labute approximate surface area is 107 Å².